The maximum absolute atomic E-state index is 11.3. The minimum Gasteiger partial charge on any atom is -0.381 e. The molecule has 1 aromatic rings. The van der Waals surface area contributed by atoms with Crippen LogP contribution in [0.4, 0.5) is 10.5 Å². The van der Waals surface area contributed by atoms with Crippen molar-refractivity contribution in [2.75, 3.05) is 5.32 Å². The summed E-state index contributed by atoms with van der Waals surface area (Å²) < 4.78 is -1.93. The van der Waals surface area contributed by atoms with Gasteiger partial charge in [-0.05, 0) is 24.3 Å². The fourth-order valence-electron chi connectivity index (χ4n) is 0.816. The van der Waals surface area contributed by atoms with Crippen LogP contribution < -0.4 is 11.1 Å². The van der Waals surface area contributed by atoms with E-state index < -0.39 is 15.7 Å². The summed E-state index contributed by atoms with van der Waals surface area (Å²) in [6.45, 7) is 0. The second kappa shape index (κ2) is 6.33. The van der Waals surface area contributed by atoms with Crippen molar-refractivity contribution in [3.05, 3.63) is 29.3 Å². The molecule has 0 aliphatic rings. The minimum absolute atomic E-state index is 0.459. The lowest BCUT2D eigenvalue weighted by Crippen LogP contribution is -2.29. The topological polar surface area (TPSA) is 76.7 Å². The molecular formula is C9H7Cl4N3O2. The SMILES string of the molecule is N/C(=N\OC(=O)Nc1ccc(Cl)cc1)C(Cl)(Cl)Cl. The highest BCUT2D eigenvalue weighted by Crippen LogP contribution is 2.25. The van der Waals surface area contributed by atoms with Crippen molar-refractivity contribution in [3.63, 3.8) is 0 Å². The van der Waals surface area contributed by atoms with E-state index >= 15 is 0 Å². The fourth-order valence-corrected chi connectivity index (χ4v) is 1.05. The van der Waals surface area contributed by atoms with Crippen molar-refractivity contribution < 1.29 is 9.63 Å². The van der Waals surface area contributed by atoms with Crippen LogP contribution in [0.1, 0.15) is 0 Å². The van der Waals surface area contributed by atoms with Gasteiger partial charge in [-0.15, -0.1) is 0 Å². The standard InChI is InChI=1S/C9H7Cl4N3O2/c10-5-1-3-6(4-2-5)15-8(17)18-16-7(14)9(11,12)13/h1-4H,(H2,14,16)(H,15,17). The molecule has 0 unspecified atom stereocenters. The summed E-state index contributed by atoms with van der Waals surface area (Å²) in [6.07, 6.45) is -0.880. The molecule has 0 spiro atoms. The number of nitrogens with zero attached hydrogens (tertiary/aromatic N) is 1. The van der Waals surface area contributed by atoms with Crippen molar-refractivity contribution >= 4 is 64.0 Å². The average molecular weight is 331 g/mol. The van der Waals surface area contributed by atoms with Crippen molar-refractivity contribution in [1.82, 2.24) is 0 Å². The number of alkyl halides is 3. The lowest BCUT2D eigenvalue weighted by molar-refractivity contribution is 0.166. The number of nitrogens with one attached hydrogen (secondary N) is 1. The molecule has 0 saturated heterocycles. The van der Waals surface area contributed by atoms with Gasteiger partial charge in [-0.3, -0.25) is 10.2 Å². The van der Waals surface area contributed by atoms with Gasteiger partial charge in [0.25, 0.3) is 3.79 Å². The van der Waals surface area contributed by atoms with E-state index in [2.05, 4.69) is 15.3 Å². The van der Waals surface area contributed by atoms with Crippen LogP contribution in [-0.2, 0) is 4.84 Å². The summed E-state index contributed by atoms with van der Waals surface area (Å²) in [5.74, 6) is -0.459. The third kappa shape index (κ3) is 5.18. The molecule has 5 nitrogen and oxygen atoms in total. The second-order valence-electron chi connectivity index (χ2n) is 2.98. The van der Waals surface area contributed by atoms with Gasteiger partial charge >= 0.3 is 6.09 Å². The Kier molecular flexibility index (Phi) is 5.34. The monoisotopic (exact) mass is 329 g/mol. The van der Waals surface area contributed by atoms with E-state index in [9.17, 15) is 4.79 Å². The first-order valence-corrected chi connectivity index (χ1v) is 5.94. The molecule has 1 amide bonds. The maximum Gasteiger partial charge on any atom is 0.437 e. The number of rotatable bonds is 2. The van der Waals surface area contributed by atoms with Gasteiger partial charge in [0.2, 0.25) is 0 Å². The van der Waals surface area contributed by atoms with Crippen LogP contribution in [0, 0.1) is 0 Å². The normalized spacial score (nSPS) is 12.1. The fraction of sp³-hybridized carbons (Fsp3) is 0.111. The number of carbonyl (C=O) groups is 1. The summed E-state index contributed by atoms with van der Waals surface area (Å²) in [5, 5.41) is 6.07. The number of hydrogen-bond acceptors (Lipinski definition) is 3. The zero-order chi connectivity index (χ0) is 13.8. The molecule has 0 heterocycles. The summed E-state index contributed by atoms with van der Waals surface area (Å²) in [7, 11) is 0. The number of oxime groups is 1. The Morgan fingerprint density at radius 2 is 1.83 bits per heavy atom. The predicted molar refractivity (Wildman–Crippen MR) is 73.5 cm³/mol. The van der Waals surface area contributed by atoms with Gasteiger partial charge in [-0.2, -0.15) is 0 Å². The Morgan fingerprint density at radius 1 is 1.28 bits per heavy atom. The number of halogens is 4. The van der Waals surface area contributed by atoms with Gasteiger partial charge in [0.1, 0.15) is 0 Å². The summed E-state index contributed by atoms with van der Waals surface area (Å²) in [4.78, 5) is 15.7. The lowest BCUT2D eigenvalue weighted by Gasteiger charge is -2.08. The summed E-state index contributed by atoms with van der Waals surface area (Å²) in [6, 6.07) is 6.34. The lowest BCUT2D eigenvalue weighted by atomic mass is 10.3. The van der Waals surface area contributed by atoms with Crippen LogP contribution >= 0.6 is 46.4 Å². The molecule has 0 atom stereocenters. The molecule has 0 aliphatic carbocycles. The zero-order valence-electron chi connectivity index (χ0n) is 8.66. The van der Waals surface area contributed by atoms with Gasteiger partial charge in [-0.25, -0.2) is 4.79 Å². The number of benzene rings is 1. The molecule has 98 valence electrons. The van der Waals surface area contributed by atoms with Crippen LogP contribution in [0.15, 0.2) is 29.4 Å². The Balaban J connectivity index is 2.55. The first kappa shape index (κ1) is 15.2. The smallest absolute Gasteiger partial charge is 0.381 e. The molecular weight excluding hydrogens is 324 g/mol. The van der Waals surface area contributed by atoms with Crippen LogP contribution in [0.3, 0.4) is 0 Å². The third-order valence-corrected chi connectivity index (χ3v) is 2.44. The number of carbonyl (C=O) groups excluding carboxylic acids is 1. The van der Waals surface area contributed by atoms with Crippen molar-refractivity contribution in [2.45, 2.75) is 3.79 Å². The Bertz CT molecular complexity index is 456. The van der Waals surface area contributed by atoms with Gasteiger partial charge in [0, 0.05) is 10.7 Å². The number of nitrogens with two attached hydrogens (primary N) is 1. The third-order valence-electron chi connectivity index (χ3n) is 1.61. The van der Waals surface area contributed by atoms with Gasteiger partial charge in [0.05, 0.1) is 0 Å². The van der Waals surface area contributed by atoms with E-state index in [1.807, 2.05) is 0 Å². The molecule has 0 aliphatic heterocycles. The van der Waals surface area contributed by atoms with Crippen molar-refractivity contribution in [3.8, 4) is 0 Å². The molecule has 3 N–H and O–H groups in total. The molecule has 0 saturated carbocycles. The number of amidine groups is 1. The largest absolute Gasteiger partial charge is 0.437 e. The Labute approximate surface area is 123 Å². The van der Waals surface area contributed by atoms with E-state index in [1.54, 1.807) is 24.3 Å². The van der Waals surface area contributed by atoms with Gasteiger partial charge < -0.3 is 5.73 Å². The van der Waals surface area contributed by atoms with E-state index in [0.717, 1.165) is 0 Å². The highest BCUT2D eigenvalue weighted by molar-refractivity contribution is 6.76. The summed E-state index contributed by atoms with van der Waals surface area (Å²) in [5.41, 5.74) is 5.71. The zero-order valence-corrected chi connectivity index (χ0v) is 11.7. The summed E-state index contributed by atoms with van der Waals surface area (Å²) >= 11 is 21.9. The van der Waals surface area contributed by atoms with Crippen LogP contribution in [-0.4, -0.2) is 15.7 Å². The first-order valence-electron chi connectivity index (χ1n) is 4.43. The average Bonchev–Trinajstić information content (AvgIpc) is 2.28. The molecule has 0 radical (unpaired) electrons. The predicted octanol–water partition coefficient (Wildman–Crippen LogP) is 3.53. The Morgan fingerprint density at radius 3 is 2.33 bits per heavy atom. The van der Waals surface area contributed by atoms with Crippen LogP contribution in [0.2, 0.25) is 5.02 Å². The molecule has 18 heavy (non-hydrogen) atoms. The van der Waals surface area contributed by atoms with E-state index in [-0.39, 0.29) is 0 Å². The quantitative estimate of drug-likeness (QED) is 0.286. The second-order valence-corrected chi connectivity index (χ2v) is 5.70. The maximum atomic E-state index is 11.3. The molecule has 0 aromatic heterocycles. The highest BCUT2D eigenvalue weighted by atomic mass is 35.6. The number of anilines is 1. The Hall–Kier alpha value is -0.880. The highest BCUT2D eigenvalue weighted by Gasteiger charge is 2.26. The first-order chi connectivity index (χ1) is 8.29. The minimum atomic E-state index is -1.93. The number of hydrogen-bond donors (Lipinski definition) is 2. The molecule has 0 bridgehead atoms. The van der Waals surface area contributed by atoms with E-state index in [0.29, 0.717) is 10.7 Å². The van der Waals surface area contributed by atoms with E-state index in [1.165, 1.54) is 0 Å². The molecule has 1 aromatic carbocycles. The van der Waals surface area contributed by atoms with Gasteiger partial charge in [-0.1, -0.05) is 51.6 Å². The van der Waals surface area contributed by atoms with Gasteiger partial charge in [0.15, 0.2) is 5.84 Å². The molecule has 1 rings (SSSR count). The van der Waals surface area contributed by atoms with Crippen LogP contribution in [0.25, 0.3) is 0 Å². The molecule has 9 heteroatoms. The van der Waals surface area contributed by atoms with E-state index in [4.69, 9.17) is 52.1 Å². The van der Waals surface area contributed by atoms with Crippen molar-refractivity contribution in [1.29, 1.82) is 0 Å². The number of amides is 1. The van der Waals surface area contributed by atoms with Crippen molar-refractivity contribution in [2.24, 2.45) is 10.9 Å². The van der Waals surface area contributed by atoms with Crippen LogP contribution in [0.5, 0.6) is 0 Å². The molecule has 0 fully saturated rings.